The van der Waals surface area contributed by atoms with E-state index in [1.807, 2.05) is 50.4 Å². The highest BCUT2D eigenvalue weighted by molar-refractivity contribution is 5.55. The first-order valence-corrected chi connectivity index (χ1v) is 7.83. The Bertz CT molecular complexity index is 605. The molecule has 0 fully saturated rings. The fraction of sp³-hybridized carbons (Fsp3) is 0.316. The minimum absolute atomic E-state index is 0.692. The van der Waals surface area contributed by atoms with Crippen molar-refractivity contribution in [2.75, 3.05) is 10.6 Å². The molecule has 0 aliphatic heterocycles. The van der Waals surface area contributed by atoms with Crippen LogP contribution in [0.25, 0.3) is 0 Å². The Kier molecular flexibility index (Phi) is 7.17. The molecule has 0 radical (unpaired) electrons. The topological polar surface area (TPSA) is 42.1 Å². The number of hydrogen-bond acceptors (Lipinski definition) is 3. The molecule has 1 aromatic heterocycles. The van der Waals surface area contributed by atoms with Crippen molar-refractivity contribution >= 4 is 11.5 Å². The van der Waals surface area contributed by atoms with Crippen LogP contribution in [0, 0.1) is 6.92 Å². The Balaban J connectivity index is 0.00000116. The van der Waals surface area contributed by atoms with E-state index in [-0.39, 0.29) is 0 Å². The zero-order valence-electron chi connectivity index (χ0n) is 14.1. The maximum atomic E-state index is 6.05. The van der Waals surface area contributed by atoms with E-state index in [0.717, 1.165) is 34.8 Å². The Labute approximate surface area is 134 Å². The van der Waals surface area contributed by atoms with Gasteiger partial charge < -0.3 is 10.6 Å². The van der Waals surface area contributed by atoms with E-state index in [4.69, 9.17) is 5.73 Å². The quantitative estimate of drug-likeness (QED) is 0.796. The van der Waals surface area contributed by atoms with Crippen molar-refractivity contribution < 1.29 is 0 Å². The monoisotopic (exact) mass is 297 g/mol. The lowest BCUT2D eigenvalue weighted by Crippen LogP contribution is -2.23. The van der Waals surface area contributed by atoms with Crippen molar-refractivity contribution in [2.24, 2.45) is 0 Å². The molecule has 0 aliphatic rings. The van der Waals surface area contributed by atoms with Crippen LogP contribution in [-0.2, 0) is 6.54 Å². The molecule has 0 bridgehead atoms. The third-order valence-corrected chi connectivity index (χ3v) is 3.41. The van der Waals surface area contributed by atoms with Crippen LogP contribution in [-0.4, -0.2) is 4.98 Å². The van der Waals surface area contributed by atoms with E-state index in [2.05, 4.69) is 36.4 Å². The molecule has 0 atom stereocenters. The first-order valence-electron chi connectivity index (χ1n) is 7.83. The minimum atomic E-state index is 0.692. The van der Waals surface area contributed by atoms with Gasteiger partial charge in [0.1, 0.15) is 5.82 Å². The van der Waals surface area contributed by atoms with E-state index in [1.165, 1.54) is 0 Å². The van der Waals surface area contributed by atoms with E-state index in [9.17, 15) is 0 Å². The highest BCUT2D eigenvalue weighted by Gasteiger charge is 2.14. The summed E-state index contributed by atoms with van der Waals surface area (Å²) >= 11 is 0. The fourth-order valence-electron chi connectivity index (χ4n) is 2.14. The highest BCUT2D eigenvalue weighted by Crippen LogP contribution is 2.25. The number of hydrogen-bond donors (Lipinski definition) is 1. The van der Waals surface area contributed by atoms with Gasteiger partial charge in [-0.15, -0.1) is 0 Å². The van der Waals surface area contributed by atoms with Crippen LogP contribution in [0.3, 0.4) is 0 Å². The molecule has 0 amide bonds. The molecule has 0 saturated carbocycles. The number of para-hydroxylation sites is 1. The molecule has 1 aromatic carbocycles. The largest absolute Gasteiger partial charge is 0.398 e. The Morgan fingerprint density at radius 2 is 1.86 bits per heavy atom. The highest BCUT2D eigenvalue weighted by atomic mass is 15.2. The lowest BCUT2D eigenvalue weighted by molar-refractivity contribution is 0.847. The summed E-state index contributed by atoms with van der Waals surface area (Å²) in [4.78, 5) is 6.64. The number of anilines is 2. The van der Waals surface area contributed by atoms with Gasteiger partial charge in [0.05, 0.1) is 6.54 Å². The van der Waals surface area contributed by atoms with Crippen LogP contribution in [0.1, 0.15) is 38.3 Å². The second kappa shape index (κ2) is 8.88. The zero-order valence-corrected chi connectivity index (χ0v) is 14.1. The number of aryl methyl sites for hydroxylation is 1. The van der Waals surface area contributed by atoms with Crippen LogP contribution < -0.4 is 10.6 Å². The number of benzene rings is 1. The molecule has 0 saturated heterocycles. The van der Waals surface area contributed by atoms with Gasteiger partial charge in [-0.3, -0.25) is 0 Å². The van der Waals surface area contributed by atoms with Crippen LogP contribution in [0.5, 0.6) is 0 Å². The Morgan fingerprint density at radius 3 is 2.45 bits per heavy atom. The molecule has 0 spiro atoms. The predicted molar refractivity (Wildman–Crippen MR) is 96.8 cm³/mol. The van der Waals surface area contributed by atoms with Gasteiger partial charge in [-0.25, -0.2) is 4.98 Å². The molecule has 2 rings (SSSR count). The smallest absolute Gasteiger partial charge is 0.135 e. The predicted octanol–water partition coefficient (Wildman–Crippen LogP) is 4.93. The maximum absolute atomic E-state index is 6.05. The summed E-state index contributed by atoms with van der Waals surface area (Å²) in [5.74, 6) is 0.947. The van der Waals surface area contributed by atoms with Crippen molar-refractivity contribution in [1.82, 2.24) is 4.98 Å². The SMILES string of the molecule is C=C(CC)N(Cc1ccccc1N)c1ncccc1C.CC. The van der Waals surface area contributed by atoms with Crippen LogP contribution >= 0.6 is 0 Å². The number of pyridine rings is 1. The van der Waals surface area contributed by atoms with E-state index >= 15 is 0 Å². The second-order valence-electron chi connectivity index (χ2n) is 4.85. The summed E-state index contributed by atoms with van der Waals surface area (Å²) in [6.45, 7) is 13.0. The third kappa shape index (κ3) is 4.35. The molecule has 118 valence electrons. The molecule has 1 heterocycles. The lowest BCUT2D eigenvalue weighted by Gasteiger charge is -2.27. The molecular weight excluding hydrogens is 270 g/mol. The second-order valence-corrected chi connectivity index (χ2v) is 4.85. The summed E-state index contributed by atoms with van der Waals surface area (Å²) in [5.41, 5.74) is 10.1. The summed E-state index contributed by atoms with van der Waals surface area (Å²) in [6, 6.07) is 11.9. The van der Waals surface area contributed by atoms with Crippen LogP contribution in [0.4, 0.5) is 11.5 Å². The molecule has 2 N–H and O–H groups in total. The Morgan fingerprint density at radius 1 is 1.18 bits per heavy atom. The van der Waals surface area contributed by atoms with Gasteiger partial charge in [0.2, 0.25) is 0 Å². The number of aromatic nitrogens is 1. The summed E-state index contributed by atoms with van der Waals surface area (Å²) in [5, 5.41) is 0. The normalized spacial score (nSPS) is 9.64. The first-order chi connectivity index (χ1) is 10.6. The molecular formula is C19H27N3. The van der Waals surface area contributed by atoms with Gasteiger partial charge in [0.15, 0.2) is 0 Å². The van der Waals surface area contributed by atoms with Crippen molar-refractivity contribution in [3.05, 3.63) is 66.0 Å². The van der Waals surface area contributed by atoms with Crippen molar-refractivity contribution in [3.8, 4) is 0 Å². The van der Waals surface area contributed by atoms with Gasteiger partial charge in [0.25, 0.3) is 0 Å². The van der Waals surface area contributed by atoms with Crippen LogP contribution in [0.2, 0.25) is 0 Å². The number of nitrogens with zero attached hydrogens (tertiary/aromatic N) is 2. The average Bonchev–Trinajstić information content (AvgIpc) is 2.56. The Hall–Kier alpha value is -2.29. The minimum Gasteiger partial charge on any atom is -0.398 e. The van der Waals surface area contributed by atoms with Crippen LogP contribution in [0.15, 0.2) is 54.9 Å². The molecule has 2 aromatic rings. The maximum Gasteiger partial charge on any atom is 0.135 e. The lowest BCUT2D eigenvalue weighted by atomic mass is 10.1. The molecule has 22 heavy (non-hydrogen) atoms. The standard InChI is InChI=1S/C17H21N3.C2H6/c1-4-14(3)20(17-13(2)8-7-11-19-17)12-15-9-5-6-10-16(15)18;1-2/h5-11H,3-4,12,18H2,1-2H3;1-2H3. The summed E-state index contributed by atoms with van der Waals surface area (Å²) in [7, 11) is 0. The number of allylic oxidation sites excluding steroid dienone is 1. The van der Waals surface area contributed by atoms with E-state index in [0.29, 0.717) is 6.54 Å². The summed E-state index contributed by atoms with van der Waals surface area (Å²) < 4.78 is 0. The van der Waals surface area contributed by atoms with Gasteiger partial charge >= 0.3 is 0 Å². The zero-order chi connectivity index (χ0) is 16.5. The average molecular weight is 297 g/mol. The third-order valence-electron chi connectivity index (χ3n) is 3.41. The van der Waals surface area contributed by atoms with E-state index < -0.39 is 0 Å². The van der Waals surface area contributed by atoms with Crippen molar-refractivity contribution in [2.45, 2.75) is 40.7 Å². The van der Waals surface area contributed by atoms with Gasteiger partial charge in [-0.05, 0) is 36.6 Å². The van der Waals surface area contributed by atoms with E-state index in [1.54, 1.807) is 0 Å². The van der Waals surface area contributed by atoms with Gasteiger partial charge in [-0.1, -0.05) is 51.6 Å². The fourth-order valence-corrected chi connectivity index (χ4v) is 2.14. The first kappa shape index (κ1) is 17.8. The molecule has 0 aliphatic carbocycles. The molecule has 3 heteroatoms. The summed E-state index contributed by atoms with van der Waals surface area (Å²) in [6.07, 6.45) is 2.69. The number of nitrogen functional groups attached to an aromatic ring is 1. The molecule has 0 unspecified atom stereocenters. The van der Waals surface area contributed by atoms with Gasteiger partial charge in [-0.2, -0.15) is 0 Å². The van der Waals surface area contributed by atoms with Crippen molar-refractivity contribution in [3.63, 3.8) is 0 Å². The van der Waals surface area contributed by atoms with Crippen molar-refractivity contribution in [1.29, 1.82) is 0 Å². The van der Waals surface area contributed by atoms with Gasteiger partial charge in [0, 0.05) is 17.6 Å². The number of nitrogens with two attached hydrogens (primary N) is 1. The molecule has 3 nitrogen and oxygen atoms in total. The number of rotatable bonds is 5.